The third-order valence-electron chi connectivity index (χ3n) is 6.46. The van der Waals surface area contributed by atoms with E-state index in [1.807, 2.05) is 0 Å². The van der Waals surface area contributed by atoms with Crippen LogP contribution in [0.4, 0.5) is 0 Å². The largest absolute Gasteiger partial charge is 0.464 e. The van der Waals surface area contributed by atoms with Crippen LogP contribution in [0.15, 0.2) is 16.5 Å². The number of rotatable bonds is 5. The normalized spacial score (nSPS) is 30.8. The van der Waals surface area contributed by atoms with Gasteiger partial charge >= 0.3 is 0 Å². The molecule has 2 saturated heterocycles. The molecule has 24 heavy (non-hydrogen) atoms. The number of furan rings is 1. The number of piperidine rings is 2. The molecule has 0 bridgehead atoms. The molecule has 3 fully saturated rings. The Morgan fingerprint density at radius 2 is 1.79 bits per heavy atom. The molecule has 134 valence electrons. The predicted molar refractivity (Wildman–Crippen MR) is 97.2 cm³/mol. The van der Waals surface area contributed by atoms with E-state index < -0.39 is 0 Å². The van der Waals surface area contributed by atoms with E-state index in [-0.39, 0.29) is 0 Å². The van der Waals surface area contributed by atoms with Gasteiger partial charge in [0.1, 0.15) is 11.5 Å². The Bertz CT molecular complexity index is 527. The van der Waals surface area contributed by atoms with Crippen LogP contribution in [0, 0.1) is 5.92 Å². The monoisotopic (exact) mass is 331 g/mol. The van der Waals surface area contributed by atoms with Gasteiger partial charge in [-0.25, -0.2) is 0 Å². The summed E-state index contributed by atoms with van der Waals surface area (Å²) in [6.45, 7) is 8.25. The van der Waals surface area contributed by atoms with Crippen molar-refractivity contribution >= 4 is 0 Å². The molecular formula is C20H33N3O. The van der Waals surface area contributed by atoms with Crippen LogP contribution >= 0.6 is 0 Å². The van der Waals surface area contributed by atoms with Crippen molar-refractivity contribution in [3.8, 4) is 0 Å². The Labute approximate surface area is 146 Å². The van der Waals surface area contributed by atoms with Crippen molar-refractivity contribution in [3.05, 3.63) is 23.7 Å². The average molecular weight is 332 g/mol. The topological polar surface area (TPSA) is 31.6 Å². The molecule has 4 rings (SSSR count). The van der Waals surface area contributed by atoms with Crippen molar-refractivity contribution in [3.63, 3.8) is 0 Å². The lowest BCUT2D eigenvalue weighted by atomic mass is 9.98. The number of likely N-dealkylation sites (tertiary alicyclic amines) is 2. The Morgan fingerprint density at radius 1 is 1.08 bits per heavy atom. The molecule has 1 aliphatic carbocycles. The molecule has 4 heteroatoms. The summed E-state index contributed by atoms with van der Waals surface area (Å²) in [5.41, 5.74) is 0. The first kappa shape index (κ1) is 16.6. The number of nitrogens with one attached hydrogen (secondary N) is 1. The molecule has 0 radical (unpaired) electrons. The summed E-state index contributed by atoms with van der Waals surface area (Å²) < 4.78 is 6.02. The minimum atomic E-state index is 0.654. The Morgan fingerprint density at radius 3 is 2.46 bits per heavy atom. The Kier molecular flexibility index (Phi) is 4.98. The zero-order valence-corrected chi connectivity index (χ0v) is 15.3. The molecule has 1 aromatic rings. The van der Waals surface area contributed by atoms with E-state index in [9.17, 15) is 0 Å². The van der Waals surface area contributed by atoms with Gasteiger partial charge in [-0.3, -0.25) is 0 Å². The fourth-order valence-corrected chi connectivity index (χ4v) is 4.48. The highest BCUT2D eigenvalue weighted by Crippen LogP contribution is 2.47. The molecule has 3 heterocycles. The van der Waals surface area contributed by atoms with E-state index in [2.05, 4.69) is 41.2 Å². The number of hydrogen-bond acceptors (Lipinski definition) is 4. The highest BCUT2D eigenvalue weighted by molar-refractivity contribution is 5.17. The molecule has 2 unspecified atom stereocenters. The molecule has 0 spiro atoms. The fraction of sp³-hybridized carbons (Fsp3) is 0.800. The number of hydrogen-bond donors (Lipinski definition) is 1. The van der Waals surface area contributed by atoms with Crippen LogP contribution in [0.3, 0.4) is 0 Å². The predicted octanol–water partition coefficient (Wildman–Crippen LogP) is 3.05. The van der Waals surface area contributed by atoms with Gasteiger partial charge < -0.3 is 19.5 Å². The lowest BCUT2D eigenvalue weighted by molar-refractivity contribution is 0.0917. The Balaban J connectivity index is 1.18. The zero-order valence-electron chi connectivity index (χ0n) is 15.3. The molecular weight excluding hydrogens is 298 g/mol. The van der Waals surface area contributed by atoms with Crippen LogP contribution in [0.1, 0.15) is 56.5 Å². The van der Waals surface area contributed by atoms with E-state index in [4.69, 9.17) is 4.42 Å². The minimum absolute atomic E-state index is 0.654. The molecule has 1 N–H and O–H groups in total. The SMILES string of the molecule is CC1CC1c1ccc(CNC2CCN(C3CCN(C)CC3)CC2)o1. The standard InChI is InChI=1S/C20H33N3O/c1-15-13-19(15)20-4-3-18(24-20)14-21-16-5-11-23(12-6-16)17-7-9-22(2)10-8-17/h3-4,15-17,19,21H,5-14H2,1-2H3. The fourth-order valence-electron chi connectivity index (χ4n) is 4.48. The molecule has 2 atom stereocenters. The van der Waals surface area contributed by atoms with Gasteiger partial charge in [0.25, 0.3) is 0 Å². The van der Waals surface area contributed by atoms with Gasteiger partial charge in [0.15, 0.2) is 0 Å². The number of nitrogens with zero attached hydrogens (tertiary/aromatic N) is 2. The van der Waals surface area contributed by atoms with Gasteiger partial charge in [-0.1, -0.05) is 6.92 Å². The summed E-state index contributed by atoms with van der Waals surface area (Å²) in [4.78, 5) is 5.20. The Hall–Kier alpha value is -0.840. The highest BCUT2D eigenvalue weighted by Gasteiger charge is 2.36. The van der Waals surface area contributed by atoms with Gasteiger partial charge in [-0.15, -0.1) is 0 Å². The van der Waals surface area contributed by atoms with Crippen LogP contribution in [0.25, 0.3) is 0 Å². The van der Waals surface area contributed by atoms with E-state index in [0.717, 1.165) is 24.3 Å². The first-order valence-corrected chi connectivity index (χ1v) is 9.93. The third-order valence-corrected chi connectivity index (χ3v) is 6.46. The molecule has 0 aromatic carbocycles. The second kappa shape index (κ2) is 7.19. The highest BCUT2D eigenvalue weighted by atomic mass is 16.3. The second-order valence-corrected chi connectivity index (χ2v) is 8.35. The van der Waals surface area contributed by atoms with E-state index in [1.54, 1.807) is 0 Å². The van der Waals surface area contributed by atoms with Crippen molar-refractivity contribution in [2.45, 2.75) is 63.6 Å². The maximum atomic E-state index is 6.02. The van der Waals surface area contributed by atoms with Crippen LogP contribution in [-0.2, 0) is 6.54 Å². The smallest absolute Gasteiger partial charge is 0.117 e. The third kappa shape index (κ3) is 3.87. The second-order valence-electron chi connectivity index (χ2n) is 8.35. The molecule has 1 saturated carbocycles. The molecule has 2 aliphatic heterocycles. The van der Waals surface area contributed by atoms with E-state index >= 15 is 0 Å². The first-order valence-electron chi connectivity index (χ1n) is 9.93. The quantitative estimate of drug-likeness (QED) is 0.899. The van der Waals surface area contributed by atoms with Gasteiger partial charge in [-0.05, 0) is 83.4 Å². The molecule has 1 aromatic heterocycles. The van der Waals surface area contributed by atoms with Crippen molar-refractivity contribution in [2.24, 2.45) is 5.92 Å². The molecule has 4 nitrogen and oxygen atoms in total. The van der Waals surface area contributed by atoms with Gasteiger partial charge in [0, 0.05) is 18.0 Å². The van der Waals surface area contributed by atoms with Crippen LogP contribution in [-0.4, -0.2) is 55.1 Å². The minimum Gasteiger partial charge on any atom is -0.464 e. The lowest BCUT2D eigenvalue weighted by Gasteiger charge is -2.41. The molecule has 3 aliphatic rings. The summed E-state index contributed by atoms with van der Waals surface area (Å²) in [5.74, 6) is 3.83. The van der Waals surface area contributed by atoms with Crippen LogP contribution < -0.4 is 5.32 Å². The van der Waals surface area contributed by atoms with Gasteiger partial charge in [0.05, 0.1) is 6.54 Å². The van der Waals surface area contributed by atoms with E-state index in [0.29, 0.717) is 12.0 Å². The maximum absolute atomic E-state index is 6.02. The van der Waals surface area contributed by atoms with Gasteiger partial charge in [0.2, 0.25) is 0 Å². The van der Waals surface area contributed by atoms with Crippen LogP contribution in [0.2, 0.25) is 0 Å². The zero-order chi connectivity index (χ0) is 16.5. The van der Waals surface area contributed by atoms with Crippen LogP contribution in [0.5, 0.6) is 0 Å². The maximum Gasteiger partial charge on any atom is 0.117 e. The van der Waals surface area contributed by atoms with Crippen molar-refractivity contribution in [1.82, 2.24) is 15.1 Å². The van der Waals surface area contributed by atoms with Gasteiger partial charge in [-0.2, -0.15) is 0 Å². The first-order chi connectivity index (χ1) is 11.7. The van der Waals surface area contributed by atoms with Crippen molar-refractivity contribution in [2.75, 3.05) is 33.2 Å². The van der Waals surface area contributed by atoms with Crippen molar-refractivity contribution in [1.29, 1.82) is 0 Å². The van der Waals surface area contributed by atoms with Crippen molar-refractivity contribution < 1.29 is 4.42 Å². The van der Waals surface area contributed by atoms with E-state index in [1.165, 1.54) is 64.0 Å². The summed E-state index contributed by atoms with van der Waals surface area (Å²) in [7, 11) is 2.25. The summed E-state index contributed by atoms with van der Waals surface area (Å²) >= 11 is 0. The lowest BCUT2D eigenvalue weighted by Crippen LogP contribution is -2.49. The molecule has 0 amide bonds. The summed E-state index contributed by atoms with van der Waals surface area (Å²) in [5, 5.41) is 3.72. The summed E-state index contributed by atoms with van der Waals surface area (Å²) in [6, 6.07) is 5.84. The average Bonchev–Trinajstić information content (AvgIpc) is 3.15. The summed E-state index contributed by atoms with van der Waals surface area (Å²) in [6.07, 6.45) is 6.56.